The number of rotatable bonds is 6. The van der Waals surface area contributed by atoms with Gasteiger partial charge < -0.3 is 9.80 Å². The maximum absolute atomic E-state index is 12.6. The van der Waals surface area contributed by atoms with Gasteiger partial charge in [-0.15, -0.1) is 0 Å². The van der Waals surface area contributed by atoms with Gasteiger partial charge in [0.1, 0.15) is 0 Å². The zero-order valence-corrected chi connectivity index (χ0v) is 15.9. The Morgan fingerprint density at radius 2 is 1.42 bits per heavy atom. The highest BCUT2D eigenvalue weighted by molar-refractivity contribution is 5.78. The third-order valence-electron chi connectivity index (χ3n) is 5.87. The fourth-order valence-electron chi connectivity index (χ4n) is 4.05. The van der Waals surface area contributed by atoms with Crippen molar-refractivity contribution in [3.8, 4) is 0 Å². The minimum atomic E-state index is 0.256. The van der Waals surface area contributed by atoms with Crippen LogP contribution in [0.2, 0.25) is 0 Å². The second kappa shape index (κ2) is 9.43. The number of amides is 2. The summed E-state index contributed by atoms with van der Waals surface area (Å²) >= 11 is 0. The van der Waals surface area contributed by atoms with Crippen molar-refractivity contribution in [2.45, 2.75) is 72.1 Å². The minimum absolute atomic E-state index is 0.256. The monoisotopic (exact) mass is 336 g/mol. The Labute approximate surface area is 148 Å². The van der Waals surface area contributed by atoms with Crippen LogP contribution in [-0.4, -0.2) is 47.8 Å². The largest absolute Gasteiger partial charge is 0.339 e. The molecule has 4 heteroatoms. The smallest absolute Gasteiger partial charge is 0.222 e. The second-order valence-corrected chi connectivity index (χ2v) is 8.27. The summed E-state index contributed by atoms with van der Waals surface area (Å²) in [5.74, 6) is 2.36. The van der Waals surface area contributed by atoms with Gasteiger partial charge in [-0.1, -0.05) is 52.9 Å². The van der Waals surface area contributed by atoms with Crippen molar-refractivity contribution in [3.63, 3.8) is 0 Å². The highest BCUT2D eigenvalue weighted by Crippen LogP contribution is 2.31. The first-order valence-corrected chi connectivity index (χ1v) is 10.0. The molecule has 1 aliphatic carbocycles. The van der Waals surface area contributed by atoms with Crippen LogP contribution in [0.4, 0.5) is 0 Å². The summed E-state index contributed by atoms with van der Waals surface area (Å²) in [6.45, 7) is 9.39. The average Bonchev–Trinajstić information content (AvgIpc) is 2.60. The fraction of sp³-hybridized carbons (Fsp3) is 0.900. The van der Waals surface area contributed by atoms with Crippen molar-refractivity contribution < 1.29 is 9.59 Å². The molecule has 1 saturated heterocycles. The van der Waals surface area contributed by atoms with Crippen LogP contribution < -0.4 is 0 Å². The second-order valence-electron chi connectivity index (χ2n) is 8.27. The van der Waals surface area contributed by atoms with Crippen molar-refractivity contribution in [2.75, 3.05) is 26.2 Å². The van der Waals surface area contributed by atoms with Crippen LogP contribution in [0.1, 0.15) is 72.1 Å². The first kappa shape index (κ1) is 19.3. The SMILES string of the molecule is CC(C)CCC(=O)N1CCN(C(=O)CC(C)C2CCCCC2)CC1. The minimum Gasteiger partial charge on any atom is -0.339 e. The number of carbonyl (C=O) groups is 2. The molecule has 1 saturated carbocycles. The maximum Gasteiger partial charge on any atom is 0.222 e. The van der Waals surface area contributed by atoms with E-state index in [2.05, 4.69) is 20.8 Å². The summed E-state index contributed by atoms with van der Waals surface area (Å²) in [5, 5.41) is 0. The molecule has 1 atom stereocenters. The third-order valence-corrected chi connectivity index (χ3v) is 5.87. The van der Waals surface area contributed by atoms with Crippen molar-refractivity contribution in [1.29, 1.82) is 0 Å². The van der Waals surface area contributed by atoms with Gasteiger partial charge in [-0.3, -0.25) is 9.59 Å². The Morgan fingerprint density at radius 1 is 0.875 bits per heavy atom. The molecule has 1 heterocycles. The van der Waals surface area contributed by atoms with Crippen molar-refractivity contribution in [3.05, 3.63) is 0 Å². The lowest BCUT2D eigenvalue weighted by atomic mass is 9.79. The van der Waals surface area contributed by atoms with Gasteiger partial charge in [0.2, 0.25) is 11.8 Å². The van der Waals surface area contributed by atoms with E-state index in [1.807, 2.05) is 9.80 Å². The number of hydrogen-bond acceptors (Lipinski definition) is 2. The van der Waals surface area contributed by atoms with Gasteiger partial charge in [0, 0.05) is 39.0 Å². The van der Waals surface area contributed by atoms with Crippen LogP contribution in [0.3, 0.4) is 0 Å². The molecule has 0 bridgehead atoms. The molecular weight excluding hydrogens is 300 g/mol. The Morgan fingerprint density at radius 3 is 1.96 bits per heavy atom. The van der Waals surface area contributed by atoms with E-state index in [9.17, 15) is 9.59 Å². The quantitative estimate of drug-likeness (QED) is 0.742. The molecular formula is C20H36N2O2. The Hall–Kier alpha value is -1.06. The summed E-state index contributed by atoms with van der Waals surface area (Å²) in [4.78, 5) is 28.7. The van der Waals surface area contributed by atoms with Gasteiger partial charge in [0.05, 0.1) is 0 Å². The van der Waals surface area contributed by atoms with Crippen molar-refractivity contribution in [2.24, 2.45) is 17.8 Å². The van der Waals surface area contributed by atoms with E-state index in [0.717, 1.165) is 12.3 Å². The van der Waals surface area contributed by atoms with Gasteiger partial charge >= 0.3 is 0 Å². The van der Waals surface area contributed by atoms with Gasteiger partial charge in [0.15, 0.2) is 0 Å². The summed E-state index contributed by atoms with van der Waals surface area (Å²) in [6, 6.07) is 0. The molecule has 4 nitrogen and oxygen atoms in total. The molecule has 138 valence electrons. The van der Waals surface area contributed by atoms with Gasteiger partial charge in [-0.2, -0.15) is 0 Å². The number of nitrogens with zero attached hydrogens (tertiary/aromatic N) is 2. The molecule has 2 aliphatic rings. The lowest BCUT2D eigenvalue weighted by Crippen LogP contribution is -2.51. The maximum atomic E-state index is 12.6. The fourth-order valence-corrected chi connectivity index (χ4v) is 4.05. The van der Waals surface area contributed by atoms with Crippen LogP contribution in [0.25, 0.3) is 0 Å². The summed E-state index contributed by atoms with van der Waals surface area (Å²) in [6.07, 6.45) is 8.91. The van der Waals surface area contributed by atoms with E-state index >= 15 is 0 Å². The van der Waals surface area contributed by atoms with Crippen molar-refractivity contribution in [1.82, 2.24) is 9.80 Å². The standard InChI is InChI=1S/C20H36N2O2/c1-16(2)9-10-19(23)21-11-13-22(14-12-21)20(24)15-17(3)18-7-5-4-6-8-18/h16-18H,4-15H2,1-3H3. The predicted molar refractivity (Wildman–Crippen MR) is 97.6 cm³/mol. The molecule has 1 unspecified atom stereocenters. The molecule has 0 radical (unpaired) electrons. The van der Waals surface area contributed by atoms with Gasteiger partial charge in [-0.05, 0) is 24.2 Å². The van der Waals surface area contributed by atoms with E-state index in [4.69, 9.17) is 0 Å². The van der Waals surface area contributed by atoms with Gasteiger partial charge in [-0.25, -0.2) is 0 Å². The first-order chi connectivity index (χ1) is 11.5. The summed E-state index contributed by atoms with van der Waals surface area (Å²) < 4.78 is 0. The zero-order valence-electron chi connectivity index (χ0n) is 15.9. The molecule has 0 aromatic carbocycles. The highest BCUT2D eigenvalue weighted by Gasteiger charge is 2.27. The lowest BCUT2D eigenvalue weighted by Gasteiger charge is -2.36. The lowest BCUT2D eigenvalue weighted by molar-refractivity contribution is -0.140. The summed E-state index contributed by atoms with van der Waals surface area (Å²) in [5.41, 5.74) is 0. The predicted octanol–water partition coefficient (Wildman–Crippen LogP) is 3.70. The Bertz CT molecular complexity index is 408. The van der Waals surface area contributed by atoms with E-state index in [1.165, 1.54) is 32.1 Å². The van der Waals surface area contributed by atoms with Gasteiger partial charge in [0.25, 0.3) is 0 Å². The molecule has 0 spiro atoms. The molecule has 2 amide bonds. The van der Waals surface area contributed by atoms with E-state index in [0.29, 0.717) is 56.8 Å². The van der Waals surface area contributed by atoms with Crippen LogP contribution in [-0.2, 0) is 9.59 Å². The average molecular weight is 337 g/mol. The molecule has 0 N–H and O–H groups in total. The molecule has 0 aromatic heterocycles. The van der Waals surface area contributed by atoms with E-state index in [-0.39, 0.29) is 5.91 Å². The first-order valence-electron chi connectivity index (χ1n) is 10.0. The van der Waals surface area contributed by atoms with E-state index in [1.54, 1.807) is 0 Å². The summed E-state index contributed by atoms with van der Waals surface area (Å²) in [7, 11) is 0. The Balaban J connectivity index is 1.71. The topological polar surface area (TPSA) is 40.6 Å². The molecule has 2 rings (SSSR count). The normalized spacial score (nSPS) is 21.2. The Kier molecular flexibility index (Phi) is 7.57. The number of carbonyl (C=O) groups excluding carboxylic acids is 2. The third kappa shape index (κ3) is 5.78. The zero-order chi connectivity index (χ0) is 17.5. The number of piperazine rings is 1. The van der Waals surface area contributed by atoms with Crippen LogP contribution in [0, 0.1) is 17.8 Å². The molecule has 24 heavy (non-hydrogen) atoms. The number of hydrogen-bond donors (Lipinski definition) is 0. The molecule has 2 fully saturated rings. The van der Waals surface area contributed by atoms with Crippen LogP contribution in [0.5, 0.6) is 0 Å². The highest BCUT2D eigenvalue weighted by atomic mass is 16.2. The molecule has 1 aliphatic heterocycles. The van der Waals surface area contributed by atoms with Crippen LogP contribution in [0.15, 0.2) is 0 Å². The van der Waals surface area contributed by atoms with Crippen LogP contribution >= 0.6 is 0 Å². The van der Waals surface area contributed by atoms with Crippen molar-refractivity contribution >= 4 is 11.8 Å². The van der Waals surface area contributed by atoms with E-state index < -0.39 is 0 Å². The molecule has 0 aromatic rings.